The molecule has 0 fully saturated rings. The topological polar surface area (TPSA) is 45.2 Å². The van der Waals surface area contributed by atoms with E-state index in [4.69, 9.17) is 5.11 Å². The van der Waals surface area contributed by atoms with Gasteiger partial charge in [0.15, 0.2) is 0 Å². The molecule has 3 nitrogen and oxygen atoms in total. The maximum atomic E-state index is 8.76. The van der Waals surface area contributed by atoms with Crippen LogP contribution in [0, 0.1) is 12.8 Å². The summed E-state index contributed by atoms with van der Waals surface area (Å²) in [6, 6.07) is 3.93. The van der Waals surface area contributed by atoms with Crippen molar-refractivity contribution in [2.75, 3.05) is 18.5 Å². The minimum absolute atomic E-state index is 0.246. The van der Waals surface area contributed by atoms with Gasteiger partial charge in [0.1, 0.15) is 5.82 Å². The van der Waals surface area contributed by atoms with E-state index < -0.39 is 0 Å². The number of aryl methyl sites for hydroxylation is 1. The zero-order valence-corrected chi connectivity index (χ0v) is 10.7. The summed E-state index contributed by atoms with van der Waals surface area (Å²) in [6.07, 6.45) is 0.822. The number of hydrogen-bond acceptors (Lipinski definition) is 3. The Morgan fingerprint density at radius 1 is 1.53 bits per heavy atom. The lowest BCUT2D eigenvalue weighted by Crippen LogP contribution is -2.13. The highest BCUT2D eigenvalue weighted by atomic mass is 79.9. The molecule has 2 N–H and O–H groups in total. The van der Waals surface area contributed by atoms with E-state index in [0.717, 1.165) is 29.0 Å². The minimum Gasteiger partial charge on any atom is -0.396 e. The fourth-order valence-corrected chi connectivity index (χ4v) is 1.46. The number of nitrogens with one attached hydrogen (secondary N) is 1. The smallest absolute Gasteiger partial charge is 0.126 e. The van der Waals surface area contributed by atoms with Crippen LogP contribution in [0.1, 0.15) is 19.0 Å². The molecule has 1 atom stereocenters. The maximum Gasteiger partial charge on any atom is 0.126 e. The van der Waals surface area contributed by atoms with E-state index in [1.807, 2.05) is 19.1 Å². The summed E-state index contributed by atoms with van der Waals surface area (Å²) in [6.45, 7) is 5.16. The van der Waals surface area contributed by atoms with Gasteiger partial charge < -0.3 is 10.4 Å². The molecular formula is C11H17BrN2O. The van der Waals surface area contributed by atoms with E-state index >= 15 is 0 Å². The van der Waals surface area contributed by atoms with E-state index in [1.165, 1.54) is 0 Å². The van der Waals surface area contributed by atoms with Crippen molar-refractivity contribution >= 4 is 21.7 Å². The number of halogens is 1. The van der Waals surface area contributed by atoms with Crippen molar-refractivity contribution in [3.05, 3.63) is 22.3 Å². The van der Waals surface area contributed by atoms with Crippen molar-refractivity contribution in [3.63, 3.8) is 0 Å². The van der Waals surface area contributed by atoms with Crippen LogP contribution in [0.15, 0.2) is 16.6 Å². The monoisotopic (exact) mass is 272 g/mol. The standard InChI is InChI=1S/C11H17BrN2O/c1-8(5-6-15)7-13-11-4-3-10(12)9(2)14-11/h3-4,8,15H,5-7H2,1-2H3,(H,13,14). The molecule has 0 aliphatic heterocycles. The Bertz CT molecular complexity index is 317. The van der Waals surface area contributed by atoms with E-state index in [0.29, 0.717) is 5.92 Å². The third kappa shape index (κ3) is 4.18. The molecule has 0 radical (unpaired) electrons. The molecule has 0 aliphatic rings. The van der Waals surface area contributed by atoms with E-state index in [9.17, 15) is 0 Å². The zero-order valence-electron chi connectivity index (χ0n) is 9.13. The number of pyridine rings is 1. The van der Waals surface area contributed by atoms with Gasteiger partial charge in [-0.2, -0.15) is 0 Å². The number of anilines is 1. The second kappa shape index (κ2) is 6.08. The molecular weight excluding hydrogens is 256 g/mol. The average molecular weight is 273 g/mol. The van der Waals surface area contributed by atoms with Gasteiger partial charge in [-0.1, -0.05) is 6.92 Å². The first-order valence-corrected chi connectivity index (χ1v) is 5.90. The van der Waals surface area contributed by atoms with Crippen LogP contribution in [-0.4, -0.2) is 23.2 Å². The van der Waals surface area contributed by atoms with Crippen molar-refractivity contribution in [1.29, 1.82) is 0 Å². The quantitative estimate of drug-likeness (QED) is 0.866. The summed E-state index contributed by atoms with van der Waals surface area (Å²) in [4.78, 5) is 4.38. The SMILES string of the molecule is Cc1nc(NCC(C)CCO)ccc1Br. The second-order valence-electron chi connectivity index (χ2n) is 3.76. The average Bonchev–Trinajstić information content (AvgIpc) is 2.20. The molecule has 1 rings (SSSR count). The predicted octanol–water partition coefficient (Wildman–Crippen LogP) is 2.58. The number of aliphatic hydroxyl groups excluding tert-OH is 1. The molecule has 84 valence electrons. The van der Waals surface area contributed by atoms with Crippen LogP contribution >= 0.6 is 15.9 Å². The Balaban J connectivity index is 2.47. The van der Waals surface area contributed by atoms with Gasteiger partial charge in [0.25, 0.3) is 0 Å². The molecule has 1 heterocycles. The number of hydrogen-bond donors (Lipinski definition) is 2. The first kappa shape index (κ1) is 12.5. The number of rotatable bonds is 5. The third-order valence-electron chi connectivity index (χ3n) is 2.27. The van der Waals surface area contributed by atoms with Crippen molar-refractivity contribution in [2.24, 2.45) is 5.92 Å². The van der Waals surface area contributed by atoms with Crippen LogP contribution in [0.2, 0.25) is 0 Å². The van der Waals surface area contributed by atoms with Gasteiger partial charge in [0, 0.05) is 17.6 Å². The van der Waals surface area contributed by atoms with Gasteiger partial charge in [-0.3, -0.25) is 0 Å². The van der Waals surface area contributed by atoms with Crippen LogP contribution in [0.3, 0.4) is 0 Å². The van der Waals surface area contributed by atoms with Crippen LogP contribution in [-0.2, 0) is 0 Å². The Morgan fingerprint density at radius 3 is 2.87 bits per heavy atom. The van der Waals surface area contributed by atoms with Gasteiger partial charge in [0.2, 0.25) is 0 Å². The lowest BCUT2D eigenvalue weighted by atomic mass is 10.1. The number of aliphatic hydroxyl groups is 1. The molecule has 4 heteroatoms. The summed E-state index contributed by atoms with van der Waals surface area (Å²) in [7, 11) is 0. The molecule has 0 saturated heterocycles. The summed E-state index contributed by atoms with van der Waals surface area (Å²) in [5, 5.41) is 12.0. The summed E-state index contributed by atoms with van der Waals surface area (Å²) < 4.78 is 1.02. The Morgan fingerprint density at radius 2 is 2.27 bits per heavy atom. The van der Waals surface area contributed by atoms with Crippen molar-refractivity contribution in [2.45, 2.75) is 20.3 Å². The lowest BCUT2D eigenvalue weighted by Gasteiger charge is -2.12. The van der Waals surface area contributed by atoms with Crippen LogP contribution < -0.4 is 5.32 Å². The molecule has 0 spiro atoms. The fourth-order valence-electron chi connectivity index (χ4n) is 1.24. The van der Waals surface area contributed by atoms with Crippen molar-refractivity contribution < 1.29 is 5.11 Å². The Kier molecular flexibility index (Phi) is 5.05. The normalized spacial score (nSPS) is 12.5. The highest BCUT2D eigenvalue weighted by molar-refractivity contribution is 9.10. The molecule has 1 aromatic heterocycles. The number of nitrogens with zero attached hydrogens (tertiary/aromatic N) is 1. The molecule has 0 aliphatic carbocycles. The fraction of sp³-hybridized carbons (Fsp3) is 0.545. The molecule has 1 unspecified atom stereocenters. The van der Waals surface area contributed by atoms with Gasteiger partial charge >= 0.3 is 0 Å². The molecule has 0 saturated carbocycles. The minimum atomic E-state index is 0.246. The summed E-state index contributed by atoms with van der Waals surface area (Å²) in [5.74, 6) is 1.35. The van der Waals surface area contributed by atoms with Crippen LogP contribution in [0.4, 0.5) is 5.82 Å². The molecule has 0 bridgehead atoms. The van der Waals surface area contributed by atoms with E-state index in [-0.39, 0.29) is 6.61 Å². The number of aromatic nitrogens is 1. The van der Waals surface area contributed by atoms with Gasteiger partial charge in [-0.05, 0) is 47.3 Å². The molecule has 0 aromatic carbocycles. The summed E-state index contributed by atoms with van der Waals surface area (Å²) >= 11 is 3.41. The van der Waals surface area contributed by atoms with Crippen molar-refractivity contribution in [3.8, 4) is 0 Å². The second-order valence-corrected chi connectivity index (χ2v) is 4.62. The first-order chi connectivity index (χ1) is 7.13. The maximum absolute atomic E-state index is 8.76. The van der Waals surface area contributed by atoms with Gasteiger partial charge in [-0.25, -0.2) is 4.98 Å². The van der Waals surface area contributed by atoms with E-state index in [2.05, 4.69) is 33.2 Å². The van der Waals surface area contributed by atoms with E-state index in [1.54, 1.807) is 0 Å². The molecule has 15 heavy (non-hydrogen) atoms. The van der Waals surface area contributed by atoms with Gasteiger partial charge in [0.05, 0.1) is 5.69 Å². The predicted molar refractivity (Wildman–Crippen MR) is 66.0 cm³/mol. The largest absolute Gasteiger partial charge is 0.396 e. The lowest BCUT2D eigenvalue weighted by molar-refractivity contribution is 0.266. The Hall–Kier alpha value is -0.610. The Labute approximate surface area is 99.1 Å². The van der Waals surface area contributed by atoms with Gasteiger partial charge in [-0.15, -0.1) is 0 Å². The van der Waals surface area contributed by atoms with Crippen molar-refractivity contribution in [1.82, 2.24) is 4.98 Å². The highest BCUT2D eigenvalue weighted by Gasteiger charge is 2.02. The highest BCUT2D eigenvalue weighted by Crippen LogP contribution is 2.16. The zero-order chi connectivity index (χ0) is 11.3. The summed E-state index contributed by atoms with van der Waals surface area (Å²) in [5.41, 5.74) is 0.981. The first-order valence-electron chi connectivity index (χ1n) is 5.11. The van der Waals surface area contributed by atoms with Crippen LogP contribution in [0.25, 0.3) is 0 Å². The third-order valence-corrected chi connectivity index (χ3v) is 3.11. The van der Waals surface area contributed by atoms with Crippen LogP contribution in [0.5, 0.6) is 0 Å². The molecule has 1 aromatic rings. The molecule has 0 amide bonds.